The summed E-state index contributed by atoms with van der Waals surface area (Å²) in [4.78, 5) is 29.7. The van der Waals surface area contributed by atoms with Crippen LogP contribution in [0, 0.1) is 0 Å². The zero-order valence-corrected chi connectivity index (χ0v) is 15.2. The first-order chi connectivity index (χ1) is 13.0. The Morgan fingerprint density at radius 2 is 1.96 bits per heavy atom. The van der Waals surface area contributed by atoms with E-state index in [0.717, 1.165) is 11.0 Å². The molecule has 0 aliphatic rings. The average molecular weight is 382 g/mol. The zero-order chi connectivity index (χ0) is 19.1. The van der Waals surface area contributed by atoms with Crippen LogP contribution >= 0.6 is 11.3 Å². The van der Waals surface area contributed by atoms with Crippen molar-refractivity contribution >= 4 is 39.4 Å². The lowest BCUT2D eigenvalue weighted by Crippen LogP contribution is -2.23. The Kier molecular flexibility index (Phi) is 4.04. The van der Waals surface area contributed by atoms with E-state index >= 15 is 0 Å². The number of carboxylic acid groups (broad SMARTS) is 1. The van der Waals surface area contributed by atoms with Crippen molar-refractivity contribution in [1.29, 1.82) is 0 Å². The summed E-state index contributed by atoms with van der Waals surface area (Å²) in [7, 11) is 2.81. The quantitative estimate of drug-likeness (QED) is 0.582. The predicted octanol–water partition coefficient (Wildman–Crippen LogP) is 2.17. The summed E-state index contributed by atoms with van der Waals surface area (Å²) < 4.78 is 12.3. The van der Waals surface area contributed by atoms with Crippen molar-refractivity contribution in [3.8, 4) is 11.5 Å². The first-order valence-corrected chi connectivity index (χ1v) is 8.76. The summed E-state index contributed by atoms with van der Waals surface area (Å²) in [6, 6.07) is 10.6. The van der Waals surface area contributed by atoms with Crippen LogP contribution in [-0.2, 0) is 0 Å². The summed E-state index contributed by atoms with van der Waals surface area (Å²) in [5.41, 5.74) is 1.51. The van der Waals surface area contributed by atoms with E-state index in [-0.39, 0.29) is 16.9 Å². The van der Waals surface area contributed by atoms with Crippen LogP contribution < -0.4 is 19.6 Å². The largest absolute Gasteiger partial charge is 0.493 e. The Morgan fingerprint density at radius 3 is 2.67 bits per heavy atom. The molecule has 0 bridgehead atoms. The molecular formula is C19H14N2O5S. The Hall–Kier alpha value is -3.39. The number of aromatic nitrogens is 2. The molecule has 0 aliphatic carbocycles. The molecule has 27 heavy (non-hydrogen) atoms. The zero-order valence-electron chi connectivity index (χ0n) is 14.4. The summed E-state index contributed by atoms with van der Waals surface area (Å²) >= 11 is 1.21. The molecule has 7 nitrogen and oxygen atoms in total. The number of fused-ring (bicyclic) bond motifs is 3. The van der Waals surface area contributed by atoms with Crippen LogP contribution in [0.2, 0.25) is 0 Å². The van der Waals surface area contributed by atoms with Crippen LogP contribution in [0.15, 0.2) is 41.2 Å². The van der Waals surface area contributed by atoms with Crippen LogP contribution in [0.1, 0.15) is 15.9 Å². The Labute approximate surface area is 156 Å². The molecule has 0 saturated carbocycles. The Bertz CT molecular complexity index is 1310. The van der Waals surface area contributed by atoms with Crippen molar-refractivity contribution in [2.45, 2.75) is 0 Å². The average Bonchev–Trinajstić information content (AvgIpc) is 3.17. The van der Waals surface area contributed by atoms with E-state index in [0.29, 0.717) is 20.8 Å². The minimum absolute atomic E-state index is 0.0628. The van der Waals surface area contributed by atoms with Gasteiger partial charge in [0.2, 0.25) is 0 Å². The summed E-state index contributed by atoms with van der Waals surface area (Å²) in [5, 5.41) is 9.64. The van der Waals surface area contributed by atoms with Gasteiger partial charge in [-0.25, -0.2) is 14.2 Å². The molecule has 0 radical (unpaired) electrons. The standard InChI is InChI=1S/C19H14N2O5S/c1-25-13-8-7-10(15(18(23)24)16(13)26-2)9-14-17(22)21-12-6-4-3-5-11(12)20-19(21)27-14/h3-9H,1-2H3,(H,23,24)/b14-9-. The van der Waals surface area contributed by atoms with Crippen LogP contribution in [0.3, 0.4) is 0 Å². The Morgan fingerprint density at radius 1 is 1.19 bits per heavy atom. The van der Waals surface area contributed by atoms with E-state index in [1.54, 1.807) is 18.2 Å². The number of hydrogen-bond acceptors (Lipinski definition) is 6. The number of ether oxygens (including phenoxy) is 2. The molecule has 2 aromatic carbocycles. The first kappa shape index (κ1) is 17.0. The van der Waals surface area contributed by atoms with E-state index in [1.165, 1.54) is 30.0 Å². The van der Waals surface area contributed by atoms with E-state index in [9.17, 15) is 14.7 Å². The molecule has 0 saturated heterocycles. The molecule has 0 amide bonds. The van der Waals surface area contributed by atoms with E-state index in [4.69, 9.17) is 9.47 Å². The fourth-order valence-corrected chi connectivity index (χ4v) is 4.01. The molecular weight excluding hydrogens is 368 g/mol. The first-order valence-electron chi connectivity index (χ1n) is 7.95. The van der Waals surface area contributed by atoms with Crippen LogP contribution in [0.5, 0.6) is 11.5 Å². The van der Waals surface area contributed by atoms with Gasteiger partial charge >= 0.3 is 5.97 Å². The second-order valence-corrected chi connectivity index (χ2v) is 6.71. The van der Waals surface area contributed by atoms with Crippen molar-refractivity contribution < 1.29 is 19.4 Å². The highest BCUT2D eigenvalue weighted by Crippen LogP contribution is 2.33. The number of hydrogen-bond donors (Lipinski definition) is 1. The number of imidazole rings is 1. The van der Waals surface area contributed by atoms with Gasteiger partial charge in [-0.05, 0) is 29.8 Å². The third-order valence-corrected chi connectivity index (χ3v) is 5.19. The van der Waals surface area contributed by atoms with E-state index < -0.39 is 5.97 Å². The molecule has 0 fully saturated rings. The highest BCUT2D eigenvalue weighted by atomic mass is 32.1. The SMILES string of the molecule is COc1ccc(/C=c2\sc3nc4ccccc4n3c2=O)c(C(=O)O)c1OC. The van der Waals surface area contributed by atoms with Crippen molar-refractivity contribution in [3.63, 3.8) is 0 Å². The fourth-order valence-electron chi connectivity index (χ4n) is 3.04. The van der Waals surface area contributed by atoms with Crippen molar-refractivity contribution in [3.05, 3.63) is 62.4 Å². The van der Waals surface area contributed by atoms with Gasteiger partial charge in [0.25, 0.3) is 5.56 Å². The van der Waals surface area contributed by atoms with E-state index in [2.05, 4.69) is 4.98 Å². The maximum absolute atomic E-state index is 12.9. The predicted molar refractivity (Wildman–Crippen MR) is 102 cm³/mol. The molecule has 0 unspecified atom stereocenters. The Balaban J connectivity index is 2.01. The summed E-state index contributed by atoms with van der Waals surface area (Å²) in [6.45, 7) is 0. The van der Waals surface area contributed by atoms with Gasteiger partial charge in [-0.2, -0.15) is 0 Å². The molecule has 0 spiro atoms. The second-order valence-electron chi connectivity index (χ2n) is 5.70. The second kappa shape index (κ2) is 6.40. The smallest absolute Gasteiger partial charge is 0.340 e. The van der Waals surface area contributed by atoms with Gasteiger partial charge in [0, 0.05) is 0 Å². The van der Waals surface area contributed by atoms with Crippen LogP contribution in [0.25, 0.3) is 22.1 Å². The number of rotatable bonds is 4. The monoisotopic (exact) mass is 382 g/mol. The minimum atomic E-state index is -1.17. The number of carbonyl (C=O) groups is 1. The molecule has 8 heteroatoms. The molecule has 0 aliphatic heterocycles. The molecule has 4 rings (SSSR count). The molecule has 2 aromatic heterocycles. The summed E-state index contributed by atoms with van der Waals surface area (Å²) in [6.07, 6.45) is 1.54. The normalized spacial score (nSPS) is 12.0. The van der Waals surface area contributed by atoms with Gasteiger partial charge in [0.1, 0.15) is 5.56 Å². The number of thiazole rings is 1. The molecule has 1 N–H and O–H groups in total. The lowest BCUT2D eigenvalue weighted by Gasteiger charge is -2.12. The van der Waals surface area contributed by atoms with Crippen molar-refractivity contribution in [2.75, 3.05) is 14.2 Å². The van der Waals surface area contributed by atoms with Gasteiger partial charge in [0.15, 0.2) is 16.5 Å². The van der Waals surface area contributed by atoms with Crippen molar-refractivity contribution in [2.24, 2.45) is 0 Å². The minimum Gasteiger partial charge on any atom is -0.493 e. The van der Waals surface area contributed by atoms with Crippen LogP contribution in [0.4, 0.5) is 0 Å². The lowest BCUT2D eigenvalue weighted by atomic mass is 10.1. The molecule has 0 atom stereocenters. The molecule has 136 valence electrons. The number of nitrogens with zero attached hydrogens (tertiary/aromatic N) is 2. The number of carboxylic acids is 1. The van der Waals surface area contributed by atoms with Gasteiger partial charge in [-0.1, -0.05) is 29.5 Å². The maximum atomic E-state index is 12.9. The number of benzene rings is 2. The summed E-state index contributed by atoms with van der Waals surface area (Å²) in [5.74, 6) is -0.754. The van der Waals surface area contributed by atoms with Crippen LogP contribution in [-0.4, -0.2) is 34.7 Å². The van der Waals surface area contributed by atoms with Crippen molar-refractivity contribution in [1.82, 2.24) is 9.38 Å². The molecule has 4 aromatic rings. The van der Waals surface area contributed by atoms with E-state index in [1.807, 2.05) is 24.3 Å². The lowest BCUT2D eigenvalue weighted by molar-refractivity contribution is 0.0692. The van der Waals surface area contributed by atoms with Gasteiger partial charge in [-0.15, -0.1) is 0 Å². The third-order valence-electron chi connectivity index (χ3n) is 4.22. The van der Waals surface area contributed by atoms with Gasteiger partial charge in [-0.3, -0.25) is 4.79 Å². The maximum Gasteiger partial charge on any atom is 0.340 e. The fraction of sp³-hybridized carbons (Fsp3) is 0.105. The van der Waals surface area contributed by atoms with Gasteiger partial charge in [0.05, 0.1) is 29.8 Å². The third kappa shape index (κ3) is 2.61. The number of methoxy groups -OCH3 is 2. The number of aromatic carboxylic acids is 1. The highest BCUT2D eigenvalue weighted by Gasteiger charge is 2.20. The van der Waals surface area contributed by atoms with Gasteiger partial charge < -0.3 is 14.6 Å². The number of para-hydroxylation sites is 2. The highest BCUT2D eigenvalue weighted by molar-refractivity contribution is 7.15. The molecule has 2 heterocycles. The topological polar surface area (TPSA) is 90.1 Å².